The predicted octanol–water partition coefficient (Wildman–Crippen LogP) is 9.66. The van der Waals surface area contributed by atoms with E-state index in [2.05, 4.69) is 41.5 Å². The highest BCUT2D eigenvalue weighted by molar-refractivity contribution is 6.35. The molecule has 2 aromatic carbocycles. The summed E-state index contributed by atoms with van der Waals surface area (Å²) in [4.78, 5) is 0. The molecule has 0 spiro atoms. The molecular formula is C25H33Cl2F3. The zero-order valence-electron chi connectivity index (χ0n) is 18.8. The minimum atomic E-state index is -4.24. The molecular weight excluding hydrogens is 428 g/mol. The van der Waals surface area contributed by atoms with Gasteiger partial charge >= 0.3 is 6.18 Å². The molecule has 2 aromatic rings. The van der Waals surface area contributed by atoms with E-state index in [-0.39, 0.29) is 5.41 Å². The summed E-state index contributed by atoms with van der Waals surface area (Å²) in [5.41, 5.74) is 1.74. The average Bonchev–Trinajstić information content (AvgIpc) is 2.58. The summed E-state index contributed by atoms with van der Waals surface area (Å²) >= 11 is 12.1. The Morgan fingerprint density at radius 2 is 1.17 bits per heavy atom. The third-order valence-electron chi connectivity index (χ3n) is 4.60. The topological polar surface area (TPSA) is 0 Å². The van der Waals surface area contributed by atoms with Gasteiger partial charge in [-0.25, -0.2) is 0 Å². The van der Waals surface area contributed by atoms with Gasteiger partial charge in [-0.15, -0.1) is 0 Å². The van der Waals surface area contributed by atoms with Crippen molar-refractivity contribution in [3.63, 3.8) is 0 Å². The van der Waals surface area contributed by atoms with Crippen LogP contribution in [0.5, 0.6) is 0 Å². The van der Waals surface area contributed by atoms with Crippen molar-refractivity contribution in [2.24, 2.45) is 10.8 Å². The van der Waals surface area contributed by atoms with E-state index in [4.69, 9.17) is 23.2 Å². The number of benzene rings is 2. The highest BCUT2D eigenvalue weighted by Crippen LogP contribution is 2.31. The summed E-state index contributed by atoms with van der Waals surface area (Å²) in [5.74, 6) is 0. The first-order valence-corrected chi connectivity index (χ1v) is 10.9. The van der Waals surface area contributed by atoms with Crippen LogP contribution in [0.4, 0.5) is 13.2 Å². The van der Waals surface area contributed by atoms with Gasteiger partial charge in [-0.2, -0.15) is 13.2 Å². The molecule has 0 bridgehead atoms. The molecule has 0 radical (unpaired) electrons. The van der Waals surface area contributed by atoms with Crippen molar-refractivity contribution in [3.8, 4) is 0 Å². The maximum atomic E-state index is 12.4. The van der Waals surface area contributed by atoms with Crippen molar-refractivity contribution < 1.29 is 13.2 Å². The lowest BCUT2D eigenvalue weighted by atomic mass is 9.88. The summed E-state index contributed by atoms with van der Waals surface area (Å²) in [5, 5.41) is 1.56. The van der Waals surface area contributed by atoms with Crippen molar-refractivity contribution in [2.45, 2.75) is 73.4 Å². The first-order chi connectivity index (χ1) is 13.6. The highest BCUT2D eigenvalue weighted by Gasteiger charge is 2.30. The third kappa shape index (κ3) is 10.7. The van der Waals surface area contributed by atoms with Gasteiger partial charge in [0.25, 0.3) is 0 Å². The van der Waals surface area contributed by atoms with Gasteiger partial charge < -0.3 is 0 Å². The van der Waals surface area contributed by atoms with E-state index in [0.29, 0.717) is 11.8 Å². The number of aryl methyl sites for hydroxylation is 1. The fourth-order valence-electron chi connectivity index (χ4n) is 2.69. The SMILES string of the molecule is CC(C)(C)CCc1c(Cl)cccc1Cl.CC(C)(C)CCc1cccc(C(F)(F)F)c1. The van der Waals surface area contributed by atoms with Crippen LogP contribution in [0.25, 0.3) is 0 Å². The van der Waals surface area contributed by atoms with Crippen molar-refractivity contribution in [3.05, 3.63) is 69.2 Å². The zero-order valence-corrected chi connectivity index (χ0v) is 20.3. The largest absolute Gasteiger partial charge is 0.416 e. The molecule has 0 unspecified atom stereocenters. The molecule has 0 aliphatic carbocycles. The number of hydrogen-bond donors (Lipinski definition) is 0. The number of rotatable bonds is 4. The maximum Gasteiger partial charge on any atom is 0.416 e. The van der Waals surface area contributed by atoms with Gasteiger partial charge in [0.2, 0.25) is 0 Å². The smallest absolute Gasteiger partial charge is 0.166 e. The summed E-state index contributed by atoms with van der Waals surface area (Å²) in [7, 11) is 0. The van der Waals surface area contributed by atoms with Crippen molar-refractivity contribution in [1.29, 1.82) is 0 Å². The second-order valence-corrected chi connectivity index (χ2v) is 10.8. The molecule has 0 amide bonds. The summed E-state index contributed by atoms with van der Waals surface area (Å²) < 4.78 is 37.3. The fraction of sp³-hybridized carbons (Fsp3) is 0.520. The van der Waals surface area contributed by atoms with Crippen LogP contribution >= 0.6 is 23.2 Å². The van der Waals surface area contributed by atoms with Gasteiger partial charge in [-0.1, -0.05) is 89.0 Å². The minimum Gasteiger partial charge on any atom is -0.166 e. The van der Waals surface area contributed by atoms with Crippen molar-refractivity contribution in [1.82, 2.24) is 0 Å². The van der Waals surface area contributed by atoms with Crippen molar-refractivity contribution in [2.75, 3.05) is 0 Å². The summed E-state index contributed by atoms with van der Waals surface area (Å²) in [6, 6.07) is 11.2. The Labute approximate surface area is 189 Å². The zero-order chi connectivity index (χ0) is 23.2. The Kier molecular flexibility index (Phi) is 9.76. The number of halogens is 5. The van der Waals surface area contributed by atoms with Crippen LogP contribution in [-0.4, -0.2) is 0 Å². The van der Waals surface area contributed by atoms with E-state index in [0.717, 1.165) is 46.5 Å². The molecule has 0 saturated carbocycles. The van der Waals surface area contributed by atoms with E-state index >= 15 is 0 Å². The summed E-state index contributed by atoms with van der Waals surface area (Å²) in [6.45, 7) is 12.9. The first kappa shape index (κ1) is 26.8. The normalized spacial score (nSPS) is 12.4. The Hall–Kier alpha value is -1.19. The predicted molar refractivity (Wildman–Crippen MR) is 123 cm³/mol. The first-order valence-electron chi connectivity index (χ1n) is 10.2. The van der Waals surface area contributed by atoms with E-state index in [1.54, 1.807) is 6.07 Å². The molecule has 0 aliphatic heterocycles. The van der Waals surface area contributed by atoms with Crippen LogP contribution in [0.2, 0.25) is 10.0 Å². The molecule has 0 nitrogen and oxygen atoms in total. The van der Waals surface area contributed by atoms with Gasteiger partial charge in [-0.3, -0.25) is 0 Å². The quantitative estimate of drug-likeness (QED) is 0.425. The van der Waals surface area contributed by atoms with Gasteiger partial charge in [0.1, 0.15) is 0 Å². The lowest BCUT2D eigenvalue weighted by Crippen LogP contribution is -2.08. The fourth-order valence-corrected chi connectivity index (χ4v) is 3.28. The van der Waals surface area contributed by atoms with Crippen LogP contribution in [0.1, 0.15) is 71.1 Å². The molecule has 168 valence electrons. The monoisotopic (exact) mass is 460 g/mol. The van der Waals surface area contributed by atoms with Crippen LogP contribution < -0.4 is 0 Å². The molecule has 0 aliphatic rings. The van der Waals surface area contributed by atoms with Gasteiger partial charge in [0, 0.05) is 10.0 Å². The van der Waals surface area contributed by atoms with E-state index in [1.165, 1.54) is 12.1 Å². The number of alkyl halides is 3. The number of hydrogen-bond acceptors (Lipinski definition) is 0. The van der Waals surface area contributed by atoms with Crippen LogP contribution in [-0.2, 0) is 19.0 Å². The van der Waals surface area contributed by atoms with Gasteiger partial charge in [-0.05, 0) is 65.8 Å². The van der Waals surface area contributed by atoms with Crippen LogP contribution in [0, 0.1) is 10.8 Å². The maximum absolute atomic E-state index is 12.4. The van der Waals surface area contributed by atoms with Crippen LogP contribution in [0.15, 0.2) is 42.5 Å². The Morgan fingerprint density at radius 1 is 0.700 bits per heavy atom. The van der Waals surface area contributed by atoms with E-state index < -0.39 is 11.7 Å². The van der Waals surface area contributed by atoms with Crippen molar-refractivity contribution >= 4 is 23.2 Å². The molecule has 0 aromatic heterocycles. The van der Waals surface area contributed by atoms with Gasteiger partial charge in [0.15, 0.2) is 0 Å². The lowest BCUT2D eigenvalue weighted by Gasteiger charge is -2.18. The molecule has 0 atom stereocenters. The second kappa shape index (κ2) is 10.9. The lowest BCUT2D eigenvalue weighted by molar-refractivity contribution is -0.137. The Bertz CT molecular complexity index is 777. The van der Waals surface area contributed by atoms with E-state index in [1.807, 2.05) is 18.2 Å². The molecule has 2 rings (SSSR count). The Balaban J connectivity index is 0.000000303. The minimum absolute atomic E-state index is 0.147. The van der Waals surface area contributed by atoms with E-state index in [9.17, 15) is 13.2 Å². The molecule has 0 N–H and O–H groups in total. The highest BCUT2D eigenvalue weighted by atomic mass is 35.5. The van der Waals surface area contributed by atoms with Crippen LogP contribution in [0.3, 0.4) is 0 Å². The second-order valence-electron chi connectivity index (χ2n) is 10.0. The third-order valence-corrected chi connectivity index (χ3v) is 5.31. The molecule has 0 saturated heterocycles. The molecule has 5 heteroatoms. The Morgan fingerprint density at radius 3 is 1.63 bits per heavy atom. The average molecular weight is 461 g/mol. The molecule has 30 heavy (non-hydrogen) atoms. The molecule has 0 fully saturated rings. The standard InChI is InChI=1S/C13H17F3.C12H16Cl2/c1-12(2,3)8-7-10-5-4-6-11(9-10)13(14,15)16;1-12(2,3)8-7-9-10(13)5-4-6-11(9)14/h4-6,9H,7-8H2,1-3H3;4-6H,7-8H2,1-3H3. The molecule has 0 heterocycles. The summed E-state index contributed by atoms with van der Waals surface area (Å²) in [6.07, 6.45) is -0.627. The van der Waals surface area contributed by atoms with Gasteiger partial charge in [0.05, 0.1) is 5.56 Å².